The average Bonchev–Trinajstić information content (AvgIpc) is 2.93. The molecule has 106 valence electrons. The number of hydrogen-bond acceptors (Lipinski definition) is 2. The molecule has 0 fully saturated rings. The summed E-state index contributed by atoms with van der Waals surface area (Å²) < 4.78 is 1.86. The molecular formula is C15H20N4O. The highest BCUT2D eigenvalue weighted by Gasteiger charge is 2.05. The molecule has 1 atom stereocenters. The van der Waals surface area contributed by atoms with Gasteiger partial charge in [0.2, 0.25) is 0 Å². The van der Waals surface area contributed by atoms with E-state index < -0.39 is 0 Å². The SMILES string of the molecule is CC[C@@H](C)NC(=O)Nc1ccc(Cn2cccn2)cc1. The molecule has 2 amide bonds. The third-order valence-electron chi connectivity index (χ3n) is 3.11. The number of urea groups is 1. The monoisotopic (exact) mass is 272 g/mol. The van der Waals surface area contributed by atoms with E-state index in [0.29, 0.717) is 0 Å². The Hall–Kier alpha value is -2.30. The van der Waals surface area contributed by atoms with Crippen LogP contribution in [0.25, 0.3) is 0 Å². The molecule has 2 aromatic rings. The van der Waals surface area contributed by atoms with Crippen LogP contribution < -0.4 is 10.6 Å². The van der Waals surface area contributed by atoms with E-state index in [2.05, 4.69) is 15.7 Å². The molecule has 2 N–H and O–H groups in total. The zero-order valence-corrected chi connectivity index (χ0v) is 11.8. The van der Waals surface area contributed by atoms with Crippen LogP contribution >= 0.6 is 0 Å². The average molecular weight is 272 g/mol. The second-order valence-electron chi connectivity index (χ2n) is 4.81. The number of rotatable bonds is 5. The first-order valence-corrected chi connectivity index (χ1v) is 6.81. The summed E-state index contributed by atoms with van der Waals surface area (Å²) in [5.74, 6) is 0. The molecule has 1 aromatic heterocycles. The van der Waals surface area contributed by atoms with Crippen molar-refractivity contribution >= 4 is 11.7 Å². The fraction of sp³-hybridized carbons (Fsp3) is 0.333. The summed E-state index contributed by atoms with van der Waals surface area (Å²) in [5, 5.41) is 9.85. The summed E-state index contributed by atoms with van der Waals surface area (Å²) in [7, 11) is 0. The van der Waals surface area contributed by atoms with Gasteiger partial charge in [-0.25, -0.2) is 4.79 Å². The number of nitrogens with one attached hydrogen (secondary N) is 2. The van der Waals surface area contributed by atoms with Gasteiger partial charge < -0.3 is 10.6 Å². The lowest BCUT2D eigenvalue weighted by molar-refractivity contribution is 0.249. The Bertz CT molecular complexity index is 534. The minimum atomic E-state index is -0.167. The number of amides is 2. The van der Waals surface area contributed by atoms with Gasteiger partial charge in [0, 0.05) is 24.1 Å². The van der Waals surface area contributed by atoms with Gasteiger partial charge in [0.05, 0.1) is 6.54 Å². The van der Waals surface area contributed by atoms with E-state index in [4.69, 9.17) is 0 Å². The molecule has 1 heterocycles. The Morgan fingerprint density at radius 3 is 2.70 bits per heavy atom. The van der Waals surface area contributed by atoms with E-state index in [0.717, 1.165) is 24.2 Å². The van der Waals surface area contributed by atoms with Crippen molar-refractivity contribution in [3.63, 3.8) is 0 Å². The molecule has 0 saturated carbocycles. The molecule has 0 unspecified atom stereocenters. The Morgan fingerprint density at radius 2 is 2.10 bits per heavy atom. The van der Waals surface area contributed by atoms with E-state index >= 15 is 0 Å². The first kappa shape index (κ1) is 14.1. The van der Waals surface area contributed by atoms with Gasteiger partial charge in [0.1, 0.15) is 0 Å². The molecular weight excluding hydrogens is 252 g/mol. The van der Waals surface area contributed by atoms with Crippen molar-refractivity contribution in [3.05, 3.63) is 48.3 Å². The molecule has 5 heteroatoms. The molecule has 1 aromatic carbocycles. The zero-order chi connectivity index (χ0) is 14.4. The van der Waals surface area contributed by atoms with Gasteiger partial charge in [0.25, 0.3) is 0 Å². The number of carbonyl (C=O) groups excluding carboxylic acids is 1. The standard InChI is InChI=1S/C15H20N4O/c1-3-12(2)17-15(20)18-14-7-5-13(6-8-14)11-19-10-4-9-16-19/h4-10,12H,3,11H2,1-2H3,(H2,17,18,20)/t12-/m1/s1. The van der Waals surface area contributed by atoms with Crippen LogP contribution in [-0.2, 0) is 6.54 Å². The van der Waals surface area contributed by atoms with E-state index in [-0.39, 0.29) is 12.1 Å². The van der Waals surface area contributed by atoms with Gasteiger partial charge in [-0.2, -0.15) is 5.10 Å². The quantitative estimate of drug-likeness (QED) is 0.879. The lowest BCUT2D eigenvalue weighted by Crippen LogP contribution is -2.35. The highest BCUT2D eigenvalue weighted by molar-refractivity contribution is 5.89. The van der Waals surface area contributed by atoms with Crippen molar-refractivity contribution in [2.45, 2.75) is 32.9 Å². The maximum atomic E-state index is 11.7. The van der Waals surface area contributed by atoms with Crippen molar-refractivity contribution < 1.29 is 4.79 Å². The summed E-state index contributed by atoms with van der Waals surface area (Å²) in [6.45, 7) is 4.74. The molecule has 0 aliphatic rings. The van der Waals surface area contributed by atoms with Gasteiger partial charge in [0.15, 0.2) is 0 Å². The summed E-state index contributed by atoms with van der Waals surface area (Å²) >= 11 is 0. The molecule has 0 bridgehead atoms. The molecule has 0 spiro atoms. The third kappa shape index (κ3) is 4.12. The predicted molar refractivity (Wildman–Crippen MR) is 79.7 cm³/mol. The fourth-order valence-electron chi connectivity index (χ4n) is 1.77. The van der Waals surface area contributed by atoms with E-state index in [1.165, 1.54) is 0 Å². The molecule has 0 aliphatic heterocycles. The van der Waals surface area contributed by atoms with E-state index in [1.807, 2.05) is 55.1 Å². The lowest BCUT2D eigenvalue weighted by atomic mass is 10.2. The molecule has 0 radical (unpaired) electrons. The maximum Gasteiger partial charge on any atom is 0.319 e. The Labute approximate surface area is 119 Å². The maximum absolute atomic E-state index is 11.7. The molecule has 2 rings (SSSR count). The number of aromatic nitrogens is 2. The summed E-state index contributed by atoms with van der Waals surface area (Å²) in [6.07, 6.45) is 4.59. The summed E-state index contributed by atoms with van der Waals surface area (Å²) in [6, 6.07) is 9.67. The van der Waals surface area contributed by atoms with Crippen LogP contribution in [0.1, 0.15) is 25.8 Å². The number of benzene rings is 1. The van der Waals surface area contributed by atoms with Crippen molar-refractivity contribution in [1.29, 1.82) is 0 Å². The van der Waals surface area contributed by atoms with Crippen LogP contribution in [0.15, 0.2) is 42.7 Å². The Kier molecular flexibility index (Phi) is 4.76. The number of nitrogens with zero attached hydrogens (tertiary/aromatic N) is 2. The molecule has 0 saturated heterocycles. The Balaban J connectivity index is 1.89. The van der Waals surface area contributed by atoms with Crippen LogP contribution in [-0.4, -0.2) is 21.9 Å². The van der Waals surface area contributed by atoms with E-state index in [1.54, 1.807) is 6.20 Å². The van der Waals surface area contributed by atoms with Crippen molar-refractivity contribution in [3.8, 4) is 0 Å². The van der Waals surface area contributed by atoms with E-state index in [9.17, 15) is 4.79 Å². The first-order chi connectivity index (χ1) is 9.67. The van der Waals surface area contributed by atoms with Crippen molar-refractivity contribution in [1.82, 2.24) is 15.1 Å². The summed E-state index contributed by atoms with van der Waals surface area (Å²) in [5.41, 5.74) is 1.93. The van der Waals surface area contributed by atoms with Gasteiger partial charge in [-0.3, -0.25) is 4.68 Å². The van der Waals surface area contributed by atoms with Crippen LogP contribution in [0, 0.1) is 0 Å². The van der Waals surface area contributed by atoms with Gasteiger partial charge in [-0.05, 0) is 37.1 Å². The molecule has 0 aliphatic carbocycles. The number of carbonyl (C=O) groups is 1. The highest BCUT2D eigenvalue weighted by Crippen LogP contribution is 2.10. The van der Waals surface area contributed by atoms with Crippen LogP contribution in [0.5, 0.6) is 0 Å². The smallest absolute Gasteiger partial charge is 0.319 e. The van der Waals surface area contributed by atoms with Gasteiger partial charge in [-0.15, -0.1) is 0 Å². The third-order valence-corrected chi connectivity index (χ3v) is 3.11. The first-order valence-electron chi connectivity index (χ1n) is 6.81. The normalized spacial score (nSPS) is 11.9. The Morgan fingerprint density at radius 1 is 1.35 bits per heavy atom. The predicted octanol–water partition coefficient (Wildman–Crippen LogP) is 2.85. The van der Waals surface area contributed by atoms with Crippen LogP contribution in [0.4, 0.5) is 10.5 Å². The second kappa shape index (κ2) is 6.75. The minimum absolute atomic E-state index is 0.167. The van der Waals surface area contributed by atoms with Crippen molar-refractivity contribution in [2.24, 2.45) is 0 Å². The van der Waals surface area contributed by atoms with Crippen LogP contribution in [0.2, 0.25) is 0 Å². The largest absolute Gasteiger partial charge is 0.335 e. The van der Waals surface area contributed by atoms with Gasteiger partial charge >= 0.3 is 6.03 Å². The highest BCUT2D eigenvalue weighted by atomic mass is 16.2. The summed E-state index contributed by atoms with van der Waals surface area (Å²) in [4.78, 5) is 11.7. The molecule has 5 nitrogen and oxygen atoms in total. The molecule has 20 heavy (non-hydrogen) atoms. The lowest BCUT2D eigenvalue weighted by Gasteiger charge is -2.12. The zero-order valence-electron chi connectivity index (χ0n) is 11.8. The second-order valence-corrected chi connectivity index (χ2v) is 4.81. The fourth-order valence-corrected chi connectivity index (χ4v) is 1.77. The number of anilines is 1. The van der Waals surface area contributed by atoms with Crippen LogP contribution in [0.3, 0.4) is 0 Å². The van der Waals surface area contributed by atoms with Crippen molar-refractivity contribution in [2.75, 3.05) is 5.32 Å². The van der Waals surface area contributed by atoms with Gasteiger partial charge in [-0.1, -0.05) is 19.1 Å². The topological polar surface area (TPSA) is 59.0 Å². The minimum Gasteiger partial charge on any atom is -0.335 e. The number of hydrogen-bond donors (Lipinski definition) is 2.